The number of rotatable bonds is 4. The van der Waals surface area contributed by atoms with Crippen LogP contribution in [0.15, 0.2) is 30.5 Å². The Balaban J connectivity index is 2.44. The Labute approximate surface area is 110 Å². The van der Waals surface area contributed by atoms with E-state index in [9.17, 15) is 5.11 Å². The minimum Gasteiger partial charge on any atom is -0.480 e. The summed E-state index contributed by atoms with van der Waals surface area (Å²) in [5.41, 5.74) is 7.16. The Bertz CT molecular complexity index is 575. The van der Waals surface area contributed by atoms with Crippen LogP contribution in [0.2, 0.25) is 0 Å². The molecule has 3 N–H and O–H groups in total. The molecule has 0 amide bonds. The van der Waals surface area contributed by atoms with E-state index in [4.69, 9.17) is 15.2 Å². The van der Waals surface area contributed by atoms with Gasteiger partial charge in [-0.1, -0.05) is 18.2 Å². The molecule has 6 heteroatoms. The summed E-state index contributed by atoms with van der Waals surface area (Å²) in [6.07, 6.45) is 0.412. The third kappa shape index (κ3) is 2.58. The van der Waals surface area contributed by atoms with Crippen molar-refractivity contribution in [1.29, 1.82) is 0 Å². The highest BCUT2D eigenvalue weighted by Crippen LogP contribution is 2.30. The SMILES string of the molecule is COc1cnc(C(O)c2ccccc2N)c(OC)n1. The molecule has 1 atom stereocenters. The highest BCUT2D eigenvalue weighted by Gasteiger charge is 2.20. The molecule has 0 spiro atoms. The molecule has 2 aromatic rings. The van der Waals surface area contributed by atoms with Crippen LogP contribution in [0.5, 0.6) is 11.8 Å². The molecule has 0 fully saturated rings. The smallest absolute Gasteiger partial charge is 0.241 e. The molecule has 0 aliphatic rings. The number of nitrogens with zero attached hydrogens (tertiary/aromatic N) is 2. The quantitative estimate of drug-likeness (QED) is 0.802. The summed E-state index contributed by atoms with van der Waals surface area (Å²) >= 11 is 0. The van der Waals surface area contributed by atoms with Crippen LogP contribution in [0.3, 0.4) is 0 Å². The molecule has 0 bridgehead atoms. The number of hydrogen-bond donors (Lipinski definition) is 2. The van der Waals surface area contributed by atoms with E-state index in [1.165, 1.54) is 20.4 Å². The first-order chi connectivity index (χ1) is 9.17. The second-order valence-electron chi connectivity index (χ2n) is 3.84. The van der Waals surface area contributed by atoms with E-state index in [-0.39, 0.29) is 5.88 Å². The first-order valence-electron chi connectivity index (χ1n) is 5.64. The minimum atomic E-state index is -1.01. The normalized spacial score (nSPS) is 11.9. The molecular formula is C13H15N3O3. The third-order valence-corrected chi connectivity index (χ3v) is 2.70. The molecule has 0 aliphatic heterocycles. The van der Waals surface area contributed by atoms with Gasteiger partial charge in [0.1, 0.15) is 11.8 Å². The number of nitrogens with two attached hydrogens (primary N) is 1. The van der Waals surface area contributed by atoms with Crippen LogP contribution in [0.25, 0.3) is 0 Å². The van der Waals surface area contributed by atoms with Crippen LogP contribution < -0.4 is 15.2 Å². The number of nitrogen functional groups attached to an aromatic ring is 1. The molecule has 1 unspecified atom stereocenters. The van der Waals surface area contributed by atoms with Crippen molar-refractivity contribution in [2.24, 2.45) is 0 Å². The Kier molecular flexibility index (Phi) is 3.82. The lowest BCUT2D eigenvalue weighted by Crippen LogP contribution is -2.09. The summed E-state index contributed by atoms with van der Waals surface area (Å²) in [4.78, 5) is 8.20. The average molecular weight is 261 g/mol. The zero-order chi connectivity index (χ0) is 13.8. The molecule has 0 saturated heterocycles. The standard InChI is InChI=1S/C13H15N3O3/c1-18-10-7-15-11(13(16-10)19-2)12(17)8-5-3-4-6-9(8)14/h3-7,12,17H,14H2,1-2H3. The number of anilines is 1. The fourth-order valence-corrected chi connectivity index (χ4v) is 1.71. The number of para-hydroxylation sites is 1. The van der Waals surface area contributed by atoms with Crippen molar-refractivity contribution in [1.82, 2.24) is 9.97 Å². The lowest BCUT2D eigenvalue weighted by molar-refractivity contribution is 0.207. The van der Waals surface area contributed by atoms with E-state index in [2.05, 4.69) is 9.97 Å². The molecule has 1 aromatic heterocycles. The number of methoxy groups -OCH3 is 2. The predicted molar refractivity (Wildman–Crippen MR) is 70.1 cm³/mol. The zero-order valence-corrected chi connectivity index (χ0v) is 10.7. The van der Waals surface area contributed by atoms with E-state index >= 15 is 0 Å². The summed E-state index contributed by atoms with van der Waals surface area (Å²) in [6, 6.07) is 7.02. The first kappa shape index (κ1) is 13.1. The van der Waals surface area contributed by atoms with Crippen LogP contribution in [-0.2, 0) is 0 Å². The van der Waals surface area contributed by atoms with Gasteiger partial charge in [-0.25, -0.2) is 4.98 Å². The molecule has 1 heterocycles. The van der Waals surface area contributed by atoms with Gasteiger partial charge >= 0.3 is 0 Å². The fraction of sp³-hybridized carbons (Fsp3) is 0.231. The van der Waals surface area contributed by atoms with E-state index in [0.29, 0.717) is 22.8 Å². The molecule has 6 nitrogen and oxygen atoms in total. The van der Waals surface area contributed by atoms with Crippen LogP contribution in [0.1, 0.15) is 17.4 Å². The number of hydrogen-bond acceptors (Lipinski definition) is 6. The molecular weight excluding hydrogens is 246 g/mol. The van der Waals surface area contributed by atoms with E-state index in [0.717, 1.165) is 0 Å². The van der Waals surface area contributed by atoms with Crippen molar-refractivity contribution in [2.75, 3.05) is 20.0 Å². The number of ether oxygens (including phenoxy) is 2. The lowest BCUT2D eigenvalue weighted by Gasteiger charge is -2.15. The summed E-state index contributed by atoms with van der Waals surface area (Å²) in [7, 11) is 2.93. The van der Waals surface area contributed by atoms with Crippen molar-refractivity contribution in [3.8, 4) is 11.8 Å². The van der Waals surface area contributed by atoms with Crippen molar-refractivity contribution >= 4 is 5.69 Å². The van der Waals surface area contributed by atoms with Crippen LogP contribution >= 0.6 is 0 Å². The number of aliphatic hydroxyl groups is 1. The van der Waals surface area contributed by atoms with Crippen molar-refractivity contribution in [3.05, 3.63) is 41.7 Å². The van der Waals surface area contributed by atoms with Gasteiger partial charge in [-0.15, -0.1) is 0 Å². The maximum atomic E-state index is 10.3. The van der Waals surface area contributed by atoms with E-state index < -0.39 is 6.10 Å². The first-order valence-corrected chi connectivity index (χ1v) is 5.64. The minimum absolute atomic E-state index is 0.204. The predicted octanol–water partition coefficient (Wildman–Crippen LogP) is 1.16. The maximum Gasteiger partial charge on any atom is 0.241 e. The molecule has 2 rings (SSSR count). The Morgan fingerprint density at radius 1 is 1.21 bits per heavy atom. The Morgan fingerprint density at radius 3 is 2.58 bits per heavy atom. The highest BCUT2D eigenvalue weighted by molar-refractivity contribution is 5.50. The summed E-state index contributed by atoms with van der Waals surface area (Å²) < 4.78 is 10.1. The molecule has 0 aliphatic carbocycles. The Morgan fingerprint density at radius 2 is 1.95 bits per heavy atom. The van der Waals surface area contributed by atoms with Crippen molar-refractivity contribution < 1.29 is 14.6 Å². The Hall–Kier alpha value is -2.34. The topological polar surface area (TPSA) is 90.5 Å². The number of benzene rings is 1. The summed E-state index contributed by atoms with van der Waals surface area (Å²) in [5.74, 6) is 0.518. The molecule has 19 heavy (non-hydrogen) atoms. The van der Waals surface area contributed by atoms with Crippen molar-refractivity contribution in [2.45, 2.75) is 6.10 Å². The third-order valence-electron chi connectivity index (χ3n) is 2.70. The van der Waals surface area contributed by atoms with Gasteiger partial charge in [0.2, 0.25) is 11.8 Å². The van der Waals surface area contributed by atoms with Gasteiger partial charge in [0, 0.05) is 11.3 Å². The molecule has 100 valence electrons. The lowest BCUT2D eigenvalue weighted by atomic mass is 10.0. The van der Waals surface area contributed by atoms with Crippen LogP contribution in [-0.4, -0.2) is 29.3 Å². The van der Waals surface area contributed by atoms with Gasteiger partial charge < -0.3 is 20.3 Å². The molecule has 1 aromatic carbocycles. The van der Waals surface area contributed by atoms with Gasteiger partial charge in [0.15, 0.2) is 0 Å². The van der Waals surface area contributed by atoms with Gasteiger partial charge in [-0.3, -0.25) is 0 Å². The summed E-state index contributed by atoms with van der Waals surface area (Å²) in [5, 5.41) is 10.3. The van der Waals surface area contributed by atoms with Gasteiger partial charge in [0.25, 0.3) is 0 Å². The largest absolute Gasteiger partial charge is 0.480 e. The van der Waals surface area contributed by atoms with E-state index in [1.54, 1.807) is 24.3 Å². The van der Waals surface area contributed by atoms with E-state index in [1.807, 2.05) is 0 Å². The summed E-state index contributed by atoms with van der Waals surface area (Å²) in [6.45, 7) is 0. The monoisotopic (exact) mass is 261 g/mol. The van der Waals surface area contributed by atoms with Crippen LogP contribution in [0, 0.1) is 0 Å². The second-order valence-corrected chi connectivity index (χ2v) is 3.84. The van der Waals surface area contributed by atoms with Gasteiger partial charge in [-0.2, -0.15) is 4.98 Å². The maximum absolute atomic E-state index is 10.3. The fourth-order valence-electron chi connectivity index (χ4n) is 1.71. The zero-order valence-electron chi connectivity index (χ0n) is 10.7. The van der Waals surface area contributed by atoms with Gasteiger partial charge in [-0.05, 0) is 6.07 Å². The van der Waals surface area contributed by atoms with Gasteiger partial charge in [0.05, 0.1) is 20.4 Å². The van der Waals surface area contributed by atoms with Crippen molar-refractivity contribution in [3.63, 3.8) is 0 Å². The number of aromatic nitrogens is 2. The average Bonchev–Trinajstić information content (AvgIpc) is 2.46. The number of aliphatic hydroxyl groups excluding tert-OH is 1. The molecule has 0 saturated carbocycles. The highest BCUT2D eigenvalue weighted by atomic mass is 16.5. The second kappa shape index (κ2) is 5.53. The molecule has 0 radical (unpaired) electrons. The van der Waals surface area contributed by atoms with Crippen LogP contribution in [0.4, 0.5) is 5.69 Å².